The molecule has 0 bridgehead atoms. The van der Waals surface area contributed by atoms with E-state index >= 15 is 0 Å². The van der Waals surface area contributed by atoms with E-state index < -0.39 is 0 Å². The topological polar surface area (TPSA) is 62.2 Å². The van der Waals surface area contributed by atoms with E-state index in [0.29, 0.717) is 6.54 Å². The molecule has 134 valence electrons. The van der Waals surface area contributed by atoms with Gasteiger partial charge in [-0.3, -0.25) is 4.99 Å². The molecule has 0 amide bonds. The summed E-state index contributed by atoms with van der Waals surface area (Å²) in [5.74, 6) is 0.778. The quantitative estimate of drug-likeness (QED) is 0.396. The molecule has 0 aromatic carbocycles. The van der Waals surface area contributed by atoms with Crippen LogP contribution in [0.1, 0.15) is 47.1 Å². The number of hydrogen-bond acceptors (Lipinski definition) is 5. The summed E-state index contributed by atoms with van der Waals surface area (Å²) in [7, 11) is 1.78. The lowest BCUT2D eigenvalue weighted by molar-refractivity contribution is 0.582. The minimum atomic E-state index is 0. The Morgan fingerprint density at radius 3 is 2.33 bits per heavy atom. The molecule has 0 aliphatic carbocycles. The highest BCUT2D eigenvalue weighted by atomic mass is 127. The smallest absolute Gasteiger partial charge is 0.191 e. The maximum Gasteiger partial charge on any atom is 0.191 e. The van der Waals surface area contributed by atoms with Crippen LogP contribution in [0.5, 0.6) is 0 Å². The van der Waals surface area contributed by atoms with Gasteiger partial charge < -0.3 is 10.6 Å². The highest BCUT2D eigenvalue weighted by Crippen LogP contribution is 2.25. The second-order valence-electron chi connectivity index (χ2n) is 6.41. The van der Waals surface area contributed by atoms with Gasteiger partial charge in [0.25, 0.3) is 0 Å². The van der Waals surface area contributed by atoms with Crippen LogP contribution in [0.15, 0.2) is 10.4 Å². The fourth-order valence-electron chi connectivity index (χ4n) is 2.03. The van der Waals surface area contributed by atoms with Crippen LogP contribution in [0.25, 0.3) is 0 Å². The zero-order valence-electron chi connectivity index (χ0n) is 15.1. The lowest BCUT2D eigenvalue weighted by Gasteiger charge is -2.14. The molecule has 0 unspecified atom stereocenters. The van der Waals surface area contributed by atoms with E-state index in [1.54, 1.807) is 29.7 Å². The van der Waals surface area contributed by atoms with Gasteiger partial charge in [0.1, 0.15) is 0 Å². The van der Waals surface area contributed by atoms with Crippen LogP contribution >= 0.6 is 46.7 Å². The first-order valence-electron chi connectivity index (χ1n) is 7.62. The maximum absolute atomic E-state index is 4.69. The first-order chi connectivity index (χ1) is 10.8. The van der Waals surface area contributed by atoms with Crippen LogP contribution in [0.2, 0.25) is 0 Å². The van der Waals surface area contributed by atoms with Crippen LogP contribution in [0.3, 0.4) is 0 Å². The van der Waals surface area contributed by atoms with Gasteiger partial charge in [0.05, 0.1) is 34.5 Å². The molecule has 24 heavy (non-hydrogen) atoms. The molecule has 0 spiro atoms. The van der Waals surface area contributed by atoms with Gasteiger partial charge in [-0.1, -0.05) is 20.8 Å². The number of rotatable bonds is 4. The molecule has 2 N–H and O–H groups in total. The summed E-state index contributed by atoms with van der Waals surface area (Å²) >= 11 is 3.43. The van der Waals surface area contributed by atoms with Crippen LogP contribution in [-0.4, -0.2) is 23.0 Å². The Labute approximate surface area is 169 Å². The van der Waals surface area contributed by atoms with Crippen molar-refractivity contribution in [1.29, 1.82) is 0 Å². The summed E-state index contributed by atoms with van der Waals surface area (Å²) in [6.45, 7) is 12.0. The SMILES string of the molecule is CN=C(NCc1csc(C(C)(C)C)n1)NCc1sc(C)nc1C.I. The maximum atomic E-state index is 4.69. The Morgan fingerprint density at radius 1 is 1.17 bits per heavy atom. The van der Waals surface area contributed by atoms with Crippen LogP contribution in [0, 0.1) is 13.8 Å². The molecule has 0 atom stereocenters. The monoisotopic (exact) mass is 479 g/mol. The van der Waals surface area contributed by atoms with E-state index in [-0.39, 0.29) is 29.4 Å². The fourth-order valence-corrected chi connectivity index (χ4v) is 3.81. The third kappa shape index (κ3) is 5.96. The Balaban J connectivity index is 0.00000288. The highest BCUT2D eigenvalue weighted by Gasteiger charge is 2.17. The van der Waals surface area contributed by atoms with Crippen molar-refractivity contribution in [1.82, 2.24) is 20.6 Å². The Kier molecular flexibility index (Phi) is 8.07. The summed E-state index contributed by atoms with van der Waals surface area (Å²) in [4.78, 5) is 14.6. The third-order valence-electron chi connectivity index (χ3n) is 3.27. The summed E-state index contributed by atoms with van der Waals surface area (Å²) < 4.78 is 0. The molecular formula is C16H26IN5S2. The third-order valence-corrected chi connectivity index (χ3v) is 5.66. The number of thiazole rings is 2. The molecule has 0 fully saturated rings. The predicted molar refractivity (Wildman–Crippen MR) is 115 cm³/mol. The molecular weight excluding hydrogens is 453 g/mol. The van der Waals surface area contributed by atoms with Crippen molar-refractivity contribution in [2.75, 3.05) is 7.05 Å². The molecule has 5 nitrogen and oxygen atoms in total. The highest BCUT2D eigenvalue weighted by molar-refractivity contribution is 14.0. The van der Waals surface area contributed by atoms with Crippen molar-refractivity contribution in [2.24, 2.45) is 4.99 Å². The summed E-state index contributed by atoms with van der Waals surface area (Å²) in [6, 6.07) is 0. The lowest BCUT2D eigenvalue weighted by atomic mass is 9.98. The molecule has 0 aliphatic heterocycles. The van der Waals surface area contributed by atoms with E-state index in [4.69, 9.17) is 0 Å². The summed E-state index contributed by atoms with van der Waals surface area (Å²) in [6.07, 6.45) is 0. The number of halogens is 1. The lowest BCUT2D eigenvalue weighted by Crippen LogP contribution is -2.36. The number of aromatic nitrogens is 2. The number of guanidine groups is 1. The Morgan fingerprint density at radius 2 is 1.83 bits per heavy atom. The van der Waals surface area contributed by atoms with Gasteiger partial charge in [0.2, 0.25) is 0 Å². The molecule has 0 aliphatic rings. The average molecular weight is 479 g/mol. The molecule has 2 rings (SSSR count). The Bertz CT molecular complexity index is 685. The van der Waals surface area contributed by atoms with Gasteiger partial charge in [-0.25, -0.2) is 9.97 Å². The van der Waals surface area contributed by atoms with Gasteiger partial charge >= 0.3 is 0 Å². The normalized spacial score (nSPS) is 12.0. The number of aryl methyl sites for hydroxylation is 2. The largest absolute Gasteiger partial charge is 0.351 e. The molecule has 2 aromatic rings. The van der Waals surface area contributed by atoms with E-state index in [1.165, 1.54) is 4.88 Å². The molecule has 0 saturated heterocycles. The molecule has 2 aromatic heterocycles. The first kappa shape index (κ1) is 21.3. The van der Waals surface area contributed by atoms with E-state index in [9.17, 15) is 0 Å². The number of nitrogens with one attached hydrogen (secondary N) is 2. The molecule has 0 radical (unpaired) electrons. The minimum absolute atomic E-state index is 0. The number of aliphatic imine (C=N–C) groups is 1. The number of nitrogens with zero attached hydrogens (tertiary/aromatic N) is 3. The van der Waals surface area contributed by atoms with Crippen molar-refractivity contribution in [2.45, 2.75) is 53.1 Å². The van der Waals surface area contributed by atoms with Crippen LogP contribution in [0.4, 0.5) is 0 Å². The zero-order chi connectivity index (χ0) is 17.0. The summed E-state index contributed by atoms with van der Waals surface area (Å²) in [5.41, 5.74) is 2.24. The second kappa shape index (κ2) is 9.10. The minimum Gasteiger partial charge on any atom is -0.351 e. The Hall–Kier alpha value is -0.740. The molecule has 8 heteroatoms. The number of hydrogen-bond donors (Lipinski definition) is 2. The van der Waals surface area contributed by atoms with Crippen molar-refractivity contribution < 1.29 is 0 Å². The predicted octanol–water partition coefficient (Wildman–Crippen LogP) is 4.00. The first-order valence-corrected chi connectivity index (χ1v) is 9.31. The summed E-state index contributed by atoms with van der Waals surface area (Å²) in [5, 5.41) is 11.0. The second-order valence-corrected chi connectivity index (χ2v) is 8.56. The fraction of sp³-hybridized carbons (Fsp3) is 0.562. The molecule has 0 saturated carbocycles. The van der Waals surface area contributed by atoms with Gasteiger partial charge in [0.15, 0.2) is 5.96 Å². The zero-order valence-corrected chi connectivity index (χ0v) is 19.0. The van der Waals surface area contributed by atoms with Crippen LogP contribution in [-0.2, 0) is 18.5 Å². The van der Waals surface area contributed by atoms with Gasteiger partial charge in [0, 0.05) is 22.7 Å². The van der Waals surface area contributed by atoms with Gasteiger partial charge in [-0.05, 0) is 13.8 Å². The van der Waals surface area contributed by atoms with Gasteiger partial charge in [-0.15, -0.1) is 46.7 Å². The standard InChI is InChI=1S/C16H25N5S2.HI/c1-10-13(23-11(2)20-10)8-19-15(17-6)18-7-12-9-22-14(21-12)16(3,4)5;/h9H,7-8H2,1-6H3,(H2,17,18,19);1H. The average Bonchev–Trinajstić information content (AvgIpc) is 3.05. The van der Waals surface area contributed by atoms with Crippen molar-refractivity contribution in [3.05, 3.63) is 31.7 Å². The van der Waals surface area contributed by atoms with E-state index in [0.717, 1.165) is 33.9 Å². The van der Waals surface area contributed by atoms with Crippen molar-refractivity contribution >= 4 is 52.6 Å². The van der Waals surface area contributed by atoms with Gasteiger partial charge in [-0.2, -0.15) is 0 Å². The van der Waals surface area contributed by atoms with E-state index in [2.05, 4.69) is 51.7 Å². The molecule has 2 heterocycles. The van der Waals surface area contributed by atoms with Crippen LogP contribution < -0.4 is 10.6 Å². The van der Waals surface area contributed by atoms with Crippen molar-refractivity contribution in [3.8, 4) is 0 Å². The van der Waals surface area contributed by atoms with Crippen molar-refractivity contribution in [3.63, 3.8) is 0 Å². The van der Waals surface area contributed by atoms with E-state index in [1.807, 2.05) is 13.8 Å².